The van der Waals surface area contributed by atoms with Crippen molar-refractivity contribution in [2.45, 2.75) is 25.4 Å². The van der Waals surface area contributed by atoms with Gasteiger partial charge in [0.1, 0.15) is 6.04 Å². The molecule has 1 aliphatic rings. The van der Waals surface area contributed by atoms with Crippen LogP contribution in [-0.2, 0) is 22.6 Å². The molecule has 0 unspecified atom stereocenters. The lowest BCUT2D eigenvalue weighted by atomic mass is 10.1. The average Bonchev–Trinajstić information content (AvgIpc) is 2.75. The number of aromatic nitrogens is 1. The maximum atomic E-state index is 12.7. The number of carbonyl (C=O) groups excluding carboxylic acids is 1. The Morgan fingerprint density at radius 2 is 1.90 bits per heavy atom. The van der Waals surface area contributed by atoms with Crippen molar-refractivity contribution in [3.63, 3.8) is 0 Å². The van der Waals surface area contributed by atoms with E-state index >= 15 is 0 Å². The molecule has 0 spiro atoms. The van der Waals surface area contributed by atoms with E-state index in [-0.39, 0.29) is 18.9 Å². The monoisotopic (exact) mass is 406 g/mol. The van der Waals surface area contributed by atoms with Crippen molar-refractivity contribution in [3.8, 4) is 0 Å². The molecule has 2 heterocycles. The largest absolute Gasteiger partial charge is 0.480 e. The maximum absolute atomic E-state index is 12.7. The Labute approximate surface area is 176 Å². The normalized spacial score (nSPS) is 14.2. The first kappa shape index (κ1) is 21.4. The number of aliphatic carboxylic acids is 1. The number of benzene rings is 1. The van der Waals surface area contributed by atoms with Crippen molar-refractivity contribution in [2.24, 2.45) is 4.99 Å². The number of hydrogen-bond donors (Lipinski definition) is 2. The summed E-state index contributed by atoms with van der Waals surface area (Å²) in [6.45, 7) is 1.77. The van der Waals surface area contributed by atoms with Crippen molar-refractivity contribution in [3.05, 3.63) is 78.1 Å². The quantitative estimate of drug-likeness (QED) is 0.630. The van der Waals surface area contributed by atoms with Gasteiger partial charge >= 0.3 is 5.97 Å². The van der Waals surface area contributed by atoms with Crippen LogP contribution < -0.4 is 5.32 Å². The van der Waals surface area contributed by atoms with E-state index in [0.29, 0.717) is 13.1 Å². The maximum Gasteiger partial charge on any atom is 0.326 e. The molecule has 0 bridgehead atoms. The van der Waals surface area contributed by atoms with Crippen LogP contribution in [0.25, 0.3) is 0 Å². The lowest BCUT2D eigenvalue weighted by Crippen LogP contribution is -2.47. The van der Waals surface area contributed by atoms with Gasteiger partial charge in [0.25, 0.3) is 0 Å². The molecule has 0 saturated carbocycles. The molecule has 1 amide bonds. The highest BCUT2D eigenvalue weighted by Gasteiger charge is 2.22. The van der Waals surface area contributed by atoms with Crippen LogP contribution in [0.4, 0.5) is 0 Å². The van der Waals surface area contributed by atoms with Gasteiger partial charge < -0.3 is 10.4 Å². The van der Waals surface area contributed by atoms with Crippen LogP contribution in [-0.4, -0.2) is 58.3 Å². The fourth-order valence-electron chi connectivity index (χ4n) is 3.27. The summed E-state index contributed by atoms with van der Waals surface area (Å²) in [4.78, 5) is 35.1. The van der Waals surface area contributed by atoms with Crippen LogP contribution in [0.3, 0.4) is 0 Å². The number of carboxylic acids is 1. The van der Waals surface area contributed by atoms with E-state index in [1.54, 1.807) is 6.20 Å². The number of dihydropyridines is 1. The van der Waals surface area contributed by atoms with Gasteiger partial charge in [0.2, 0.25) is 5.91 Å². The number of aliphatic imine (C=N–C) groups is 1. The molecule has 0 aliphatic carbocycles. The summed E-state index contributed by atoms with van der Waals surface area (Å²) in [6, 6.07) is 13.9. The first-order chi connectivity index (χ1) is 14.6. The first-order valence-corrected chi connectivity index (χ1v) is 9.98. The predicted molar refractivity (Wildman–Crippen MR) is 115 cm³/mol. The molecule has 1 aromatic carbocycles. The van der Waals surface area contributed by atoms with E-state index in [1.165, 1.54) is 0 Å². The average molecular weight is 406 g/mol. The van der Waals surface area contributed by atoms with Gasteiger partial charge in [0.05, 0.1) is 12.2 Å². The zero-order valence-corrected chi connectivity index (χ0v) is 16.8. The van der Waals surface area contributed by atoms with Gasteiger partial charge in [0, 0.05) is 38.0 Å². The zero-order valence-electron chi connectivity index (χ0n) is 16.8. The van der Waals surface area contributed by atoms with Gasteiger partial charge in [-0.25, -0.2) is 4.79 Å². The fraction of sp³-hybridized carbons (Fsp3) is 0.304. The van der Waals surface area contributed by atoms with E-state index in [9.17, 15) is 14.7 Å². The van der Waals surface area contributed by atoms with Gasteiger partial charge in [-0.05, 0) is 30.2 Å². The number of hydrogen-bond acceptors (Lipinski definition) is 5. The lowest BCUT2D eigenvalue weighted by Gasteiger charge is -2.23. The SMILES string of the molecule is O=C(CN(CC1=NCCC=C1)Cc1ccccn1)N[C@@H](Cc1ccccc1)C(=O)O. The molecule has 7 nitrogen and oxygen atoms in total. The van der Waals surface area contributed by atoms with Crippen molar-refractivity contribution < 1.29 is 14.7 Å². The smallest absolute Gasteiger partial charge is 0.326 e. The second-order valence-electron chi connectivity index (χ2n) is 7.18. The van der Waals surface area contributed by atoms with E-state index in [4.69, 9.17) is 0 Å². The minimum atomic E-state index is -1.05. The summed E-state index contributed by atoms with van der Waals surface area (Å²) in [5.41, 5.74) is 2.60. The molecule has 156 valence electrons. The lowest BCUT2D eigenvalue weighted by molar-refractivity contribution is -0.141. The number of nitrogens with one attached hydrogen (secondary N) is 1. The molecule has 1 atom stereocenters. The molecule has 30 heavy (non-hydrogen) atoms. The predicted octanol–water partition coefficient (Wildman–Crippen LogP) is 2.10. The Kier molecular flexibility index (Phi) is 7.86. The van der Waals surface area contributed by atoms with Crippen LogP contribution in [0.2, 0.25) is 0 Å². The van der Waals surface area contributed by atoms with Crippen molar-refractivity contribution in [1.82, 2.24) is 15.2 Å². The van der Waals surface area contributed by atoms with Gasteiger partial charge in [0.15, 0.2) is 0 Å². The standard InChI is InChI=1S/C23H26N4O3/c28-22(26-21(23(29)30)14-18-8-2-1-3-9-18)17-27(15-19-10-4-6-12-24-19)16-20-11-5-7-13-25-20/h1-6,8-12,21H,7,13-17H2,(H,26,28)(H,29,30)/t21-/m0/s1. The van der Waals surface area contributed by atoms with Crippen LogP contribution >= 0.6 is 0 Å². The third-order valence-corrected chi connectivity index (χ3v) is 4.70. The highest BCUT2D eigenvalue weighted by Crippen LogP contribution is 2.06. The molecule has 1 aliphatic heterocycles. The van der Waals surface area contributed by atoms with E-state index < -0.39 is 12.0 Å². The summed E-state index contributed by atoms with van der Waals surface area (Å²) in [7, 11) is 0. The van der Waals surface area contributed by atoms with Crippen LogP contribution in [0.15, 0.2) is 71.9 Å². The molecular formula is C23H26N4O3. The van der Waals surface area contributed by atoms with Gasteiger partial charge in [-0.3, -0.25) is 19.7 Å². The minimum absolute atomic E-state index is 0.0575. The van der Waals surface area contributed by atoms with E-state index in [1.807, 2.05) is 59.5 Å². The van der Waals surface area contributed by atoms with Crippen molar-refractivity contribution >= 4 is 17.6 Å². The van der Waals surface area contributed by atoms with Crippen LogP contribution in [0.5, 0.6) is 0 Å². The van der Waals surface area contributed by atoms with Crippen LogP contribution in [0.1, 0.15) is 17.7 Å². The van der Waals surface area contributed by atoms with Gasteiger partial charge in [-0.2, -0.15) is 0 Å². The Balaban J connectivity index is 1.65. The molecule has 1 aromatic heterocycles. The molecular weight excluding hydrogens is 380 g/mol. The van der Waals surface area contributed by atoms with Crippen molar-refractivity contribution in [1.29, 1.82) is 0 Å². The summed E-state index contributed by atoms with van der Waals surface area (Å²) in [6.07, 6.45) is 6.91. The highest BCUT2D eigenvalue weighted by atomic mass is 16.4. The summed E-state index contributed by atoms with van der Waals surface area (Å²) in [5, 5.41) is 12.2. The van der Waals surface area contributed by atoms with Gasteiger partial charge in [-0.15, -0.1) is 0 Å². The fourth-order valence-corrected chi connectivity index (χ4v) is 3.27. The third-order valence-electron chi connectivity index (χ3n) is 4.70. The van der Waals surface area contributed by atoms with Crippen molar-refractivity contribution in [2.75, 3.05) is 19.6 Å². The van der Waals surface area contributed by atoms with Crippen LogP contribution in [0, 0.1) is 0 Å². The Hall–Kier alpha value is -3.32. The molecule has 2 N–H and O–H groups in total. The van der Waals surface area contributed by atoms with E-state index in [2.05, 4.69) is 21.4 Å². The highest BCUT2D eigenvalue weighted by molar-refractivity contribution is 5.97. The molecule has 0 fully saturated rings. The number of pyridine rings is 1. The molecule has 3 rings (SSSR count). The summed E-state index contributed by atoms with van der Waals surface area (Å²) in [5.74, 6) is -1.39. The number of carbonyl (C=O) groups is 2. The first-order valence-electron chi connectivity index (χ1n) is 9.98. The Morgan fingerprint density at radius 3 is 2.57 bits per heavy atom. The molecule has 2 aromatic rings. The minimum Gasteiger partial charge on any atom is -0.480 e. The zero-order chi connectivity index (χ0) is 21.2. The topological polar surface area (TPSA) is 94.9 Å². The summed E-state index contributed by atoms with van der Waals surface area (Å²) < 4.78 is 0. The number of nitrogens with zero attached hydrogens (tertiary/aromatic N) is 3. The Bertz CT molecular complexity index is 897. The second-order valence-corrected chi connectivity index (χ2v) is 7.18. The summed E-state index contributed by atoms with van der Waals surface area (Å²) >= 11 is 0. The third kappa shape index (κ3) is 6.93. The Morgan fingerprint density at radius 1 is 1.10 bits per heavy atom. The number of rotatable bonds is 10. The molecule has 0 saturated heterocycles. The second kappa shape index (κ2) is 11.0. The van der Waals surface area contributed by atoms with Gasteiger partial charge in [-0.1, -0.05) is 42.5 Å². The molecule has 7 heteroatoms. The number of amides is 1. The molecule has 0 radical (unpaired) electrons. The van der Waals surface area contributed by atoms with E-state index in [0.717, 1.165) is 29.9 Å². The number of carboxylic acid groups (broad SMARTS) is 1.